The molecular formula is C21H22Cl2N2O2. The maximum atomic E-state index is 12.3. The number of rotatable bonds is 7. The van der Waals surface area contributed by atoms with Crippen molar-refractivity contribution in [1.29, 1.82) is 0 Å². The molecule has 0 atom stereocenters. The minimum absolute atomic E-state index is 0.198. The van der Waals surface area contributed by atoms with Crippen LogP contribution in [0.2, 0.25) is 10.0 Å². The summed E-state index contributed by atoms with van der Waals surface area (Å²) in [6.07, 6.45) is 4.49. The van der Waals surface area contributed by atoms with Gasteiger partial charge >= 0.3 is 0 Å². The zero-order chi connectivity index (χ0) is 19.8. The van der Waals surface area contributed by atoms with E-state index in [0.29, 0.717) is 39.4 Å². The number of carbonyl (C=O) groups excluding carboxylic acids is 1. The van der Waals surface area contributed by atoms with Crippen LogP contribution >= 0.6 is 23.2 Å². The third-order valence-electron chi connectivity index (χ3n) is 3.69. The molecule has 0 unspecified atom stereocenters. The molecule has 1 amide bonds. The van der Waals surface area contributed by atoms with Gasteiger partial charge in [-0.3, -0.25) is 4.79 Å². The van der Waals surface area contributed by atoms with Crippen molar-refractivity contribution >= 4 is 29.1 Å². The molecule has 27 heavy (non-hydrogen) atoms. The Morgan fingerprint density at radius 2 is 1.78 bits per heavy atom. The number of ether oxygens (including phenoxy) is 1. The molecule has 2 aromatic carbocycles. The second-order valence-corrected chi connectivity index (χ2v) is 6.73. The Morgan fingerprint density at radius 3 is 2.37 bits per heavy atom. The number of amides is 1. The fourth-order valence-electron chi connectivity index (χ4n) is 2.25. The molecule has 0 bridgehead atoms. The quantitative estimate of drug-likeness (QED) is 0.466. The van der Waals surface area contributed by atoms with E-state index in [1.165, 1.54) is 0 Å². The lowest BCUT2D eigenvalue weighted by Gasteiger charge is -2.10. The lowest BCUT2D eigenvalue weighted by molar-refractivity contribution is -0.117. The second-order valence-electron chi connectivity index (χ2n) is 5.91. The molecule has 142 valence electrons. The summed E-state index contributed by atoms with van der Waals surface area (Å²) in [5.41, 5.74) is 7.71. The molecule has 0 spiro atoms. The summed E-state index contributed by atoms with van der Waals surface area (Å²) in [5, 5.41) is 3.78. The molecule has 6 heteroatoms. The topological polar surface area (TPSA) is 64.3 Å². The molecule has 0 saturated carbocycles. The van der Waals surface area contributed by atoms with Gasteiger partial charge in [-0.15, -0.1) is 0 Å². The second kappa shape index (κ2) is 10.0. The third-order valence-corrected chi connectivity index (χ3v) is 4.43. The average Bonchev–Trinajstić information content (AvgIpc) is 2.64. The maximum absolute atomic E-state index is 12.3. The van der Waals surface area contributed by atoms with E-state index in [4.69, 9.17) is 33.7 Å². The van der Waals surface area contributed by atoms with Gasteiger partial charge in [-0.1, -0.05) is 54.4 Å². The summed E-state index contributed by atoms with van der Waals surface area (Å²) in [7, 11) is 0. The molecule has 4 nitrogen and oxygen atoms in total. The highest BCUT2D eigenvalue weighted by atomic mass is 35.5. The first-order valence-corrected chi connectivity index (χ1v) is 9.29. The van der Waals surface area contributed by atoms with Gasteiger partial charge in [0, 0.05) is 18.3 Å². The number of hydrogen-bond acceptors (Lipinski definition) is 3. The van der Waals surface area contributed by atoms with Crippen molar-refractivity contribution in [3.63, 3.8) is 0 Å². The van der Waals surface area contributed by atoms with Crippen molar-refractivity contribution in [2.24, 2.45) is 5.73 Å². The first-order chi connectivity index (χ1) is 12.9. The Morgan fingerprint density at radius 1 is 1.11 bits per heavy atom. The van der Waals surface area contributed by atoms with E-state index in [-0.39, 0.29) is 5.91 Å². The molecule has 0 aliphatic rings. The number of benzene rings is 2. The van der Waals surface area contributed by atoms with Crippen molar-refractivity contribution < 1.29 is 9.53 Å². The van der Waals surface area contributed by atoms with Crippen LogP contribution in [-0.4, -0.2) is 5.91 Å². The minimum atomic E-state index is -0.198. The highest BCUT2D eigenvalue weighted by Crippen LogP contribution is 2.29. The Labute approximate surface area is 169 Å². The van der Waals surface area contributed by atoms with Crippen LogP contribution in [-0.2, 0) is 11.3 Å². The Kier molecular flexibility index (Phi) is 7.77. The molecule has 0 aliphatic heterocycles. The first kappa shape index (κ1) is 20.9. The fraction of sp³-hybridized carbons (Fsp3) is 0.190. The van der Waals surface area contributed by atoms with Gasteiger partial charge in [0.15, 0.2) is 0 Å². The largest absolute Gasteiger partial charge is 0.457 e. The Hall–Kier alpha value is -2.43. The van der Waals surface area contributed by atoms with Crippen LogP contribution in [0, 0.1) is 0 Å². The predicted molar refractivity (Wildman–Crippen MR) is 111 cm³/mol. The van der Waals surface area contributed by atoms with Crippen molar-refractivity contribution in [1.82, 2.24) is 5.32 Å². The van der Waals surface area contributed by atoms with E-state index in [9.17, 15) is 4.79 Å². The number of allylic oxidation sites excluding steroid dienone is 2. The molecule has 0 aliphatic carbocycles. The number of halogens is 2. The van der Waals surface area contributed by atoms with Gasteiger partial charge in [-0.25, -0.2) is 0 Å². The van der Waals surface area contributed by atoms with E-state index in [1.807, 2.05) is 37.3 Å². The number of nitrogens with one attached hydrogen (secondary N) is 1. The smallest absolute Gasteiger partial charge is 0.253 e. The summed E-state index contributed by atoms with van der Waals surface area (Å²) in [6.45, 7) is 4.10. The van der Waals surface area contributed by atoms with Crippen molar-refractivity contribution in [2.75, 3.05) is 0 Å². The van der Waals surface area contributed by atoms with E-state index in [2.05, 4.69) is 5.32 Å². The van der Waals surface area contributed by atoms with Crippen LogP contribution in [0.15, 0.2) is 65.9 Å². The maximum Gasteiger partial charge on any atom is 0.253 e. The monoisotopic (exact) mass is 404 g/mol. The lowest BCUT2D eigenvalue weighted by Crippen LogP contribution is -2.25. The van der Waals surface area contributed by atoms with Crippen LogP contribution in [0.4, 0.5) is 0 Å². The van der Waals surface area contributed by atoms with Gasteiger partial charge in [0.1, 0.15) is 11.5 Å². The van der Waals surface area contributed by atoms with Gasteiger partial charge in [0.2, 0.25) is 0 Å². The van der Waals surface area contributed by atoms with Crippen molar-refractivity contribution in [3.8, 4) is 11.5 Å². The van der Waals surface area contributed by atoms with Crippen LogP contribution < -0.4 is 15.8 Å². The molecule has 3 N–H and O–H groups in total. The average molecular weight is 405 g/mol. The van der Waals surface area contributed by atoms with Gasteiger partial charge < -0.3 is 15.8 Å². The Balaban J connectivity index is 1.97. The van der Waals surface area contributed by atoms with Gasteiger partial charge in [-0.05, 0) is 43.2 Å². The zero-order valence-corrected chi connectivity index (χ0v) is 16.8. The van der Waals surface area contributed by atoms with E-state index in [1.54, 1.807) is 31.2 Å². The van der Waals surface area contributed by atoms with Crippen LogP contribution in [0.3, 0.4) is 0 Å². The normalized spacial score (nSPS) is 12.0. The number of hydrogen-bond donors (Lipinski definition) is 2. The molecule has 2 rings (SSSR count). The Bertz CT molecular complexity index is 855. The van der Waals surface area contributed by atoms with Crippen LogP contribution in [0.25, 0.3) is 0 Å². The summed E-state index contributed by atoms with van der Waals surface area (Å²) in [5.74, 6) is 1.06. The SMILES string of the molecule is CC/C=C\C(C(=O)NCc1ccc(Oc2ccc(Cl)c(Cl)c2)cc1)=C(/C)N. The van der Waals surface area contributed by atoms with E-state index < -0.39 is 0 Å². The molecular weight excluding hydrogens is 383 g/mol. The minimum Gasteiger partial charge on any atom is -0.457 e. The van der Waals surface area contributed by atoms with Crippen molar-refractivity contribution in [2.45, 2.75) is 26.8 Å². The summed E-state index contributed by atoms with van der Waals surface area (Å²) < 4.78 is 5.75. The molecule has 0 fully saturated rings. The molecule has 0 saturated heterocycles. The van der Waals surface area contributed by atoms with E-state index >= 15 is 0 Å². The van der Waals surface area contributed by atoms with Crippen molar-refractivity contribution in [3.05, 3.63) is 81.5 Å². The highest BCUT2D eigenvalue weighted by molar-refractivity contribution is 6.42. The van der Waals surface area contributed by atoms with E-state index in [0.717, 1.165) is 12.0 Å². The van der Waals surface area contributed by atoms with Gasteiger partial charge in [0.25, 0.3) is 5.91 Å². The summed E-state index contributed by atoms with van der Waals surface area (Å²) >= 11 is 11.9. The van der Waals surface area contributed by atoms with Gasteiger partial charge in [0.05, 0.1) is 15.6 Å². The lowest BCUT2D eigenvalue weighted by atomic mass is 10.1. The fourth-order valence-corrected chi connectivity index (χ4v) is 2.54. The standard InChI is InChI=1S/C21H22Cl2N2O2/c1-3-4-5-18(14(2)24)21(26)25-13-15-6-8-16(9-7-15)27-17-10-11-19(22)20(23)12-17/h4-12H,3,13,24H2,1-2H3,(H,25,26)/b5-4-,18-14-. The summed E-state index contributed by atoms with van der Waals surface area (Å²) in [6, 6.07) is 12.5. The third kappa shape index (κ3) is 6.35. The van der Waals surface area contributed by atoms with Gasteiger partial charge in [-0.2, -0.15) is 0 Å². The molecule has 0 radical (unpaired) electrons. The summed E-state index contributed by atoms with van der Waals surface area (Å²) in [4.78, 5) is 12.3. The predicted octanol–water partition coefficient (Wildman–Crippen LogP) is 5.60. The molecule has 2 aromatic rings. The zero-order valence-electron chi connectivity index (χ0n) is 15.3. The number of nitrogens with two attached hydrogens (primary N) is 1. The first-order valence-electron chi connectivity index (χ1n) is 8.53. The van der Waals surface area contributed by atoms with Crippen LogP contribution in [0.1, 0.15) is 25.8 Å². The molecule has 0 aromatic heterocycles. The highest BCUT2D eigenvalue weighted by Gasteiger charge is 2.08. The van der Waals surface area contributed by atoms with Crippen LogP contribution in [0.5, 0.6) is 11.5 Å². The molecule has 0 heterocycles. The number of carbonyl (C=O) groups is 1.